The first-order valence-corrected chi connectivity index (χ1v) is 6.91. The molecule has 0 radical (unpaired) electrons. The van der Waals surface area contributed by atoms with Gasteiger partial charge in [-0.2, -0.15) is 0 Å². The van der Waals surface area contributed by atoms with E-state index in [1.54, 1.807) is 0 Å². The van der Waals surface area contributed by atoms with E-state index >= 15 is 0 Å². The topological polar surface area (TPSA) is 18.5 Å². The lowest BCUT2D eigenvalue weighted by molar-refractivity contribution is -0.551. The van der Waals surface area contributed by atoms with Crippen LogP contribution in [0.1, 0.15) is 67.7 Å². The predicted octanol–water partition coefficient (Wildman–Crippen LogP) is 4.34. The molecule has 0 bridgehead atoms. The maximum absolute atomic E-state index is 5.69. The standard InChI is InChI=1S/C15H28O2/c1-12(2,3)15(13(4,5)6)10-8-9-11-14(15,7)17-16-11/h11H,8-10H2,1-7H3. The molecule has 2 fully saturated rings. The monoisotopic (exact) mass is 240 g/mol. The summed E-state index contributed by atoms with van der Waals surface area (Å²) in [6, 6.07) is 0. The summed E-state index contributed by atoms with van der Waals surface area (Å²) < 4.78 is 0. The average molecular weight is 240 g/mol. The molecule has 1 aliphatic heterocycles. The van der Waals surface area contributed by atoms with Crippen molar-refractivity contribution < 1.29 is 9.78 Å². The minimum Gasteiger partial charge on any atom is -0.229 e. The van der Waals surface area contributed by atoms with Crippen LogP contribution in [0, 0.1) is 16.2 Å². The van der Waals surface area contributed by atoms with E-state index in [2.05, 4.69) is 48.5 Å². The highest BCUT2D eigenvalue weighted by Gasteiger charge is 2.70. The van der Waals surface area contributed by atoms with E-state index in [4.69, 9.17) is 9.78 Å². The maximum Gasteiger partial charge on any atom is 0.136 e. The van der Waals surface area contributed by atoms with E-state index in [-0.39, 0.29) is 27.9 Å². The maximum atomic E-state index is 5.69. The van der Waals surface area contributed by atoms with Crippen LogP contribution in [0.3, 0.4) is 0 Å². The molecule has 2 aliphatic rings. The van der Waals surface area contributed by atoms with Crippen LogP contribution in [0.15, 0.2) is 0 Å². The van der Waals surface area contributed by atoms with E-state index in [1.165, 1.54) is 12.8 Å². The number of fused-ring (bicyclic) bond motifs is 1. The Labute approximate surface area is 106 Å². The summed E-state index contributed by atoms with van der Waals surface area (Å²) in [7, 11) is 0. The van der Waals surface area contributed by atoms with E-state index in [9.17, 15) is 0 Å². The molecule has 1 saturated carbocycles. The summed E-state index contributed by atoms with van der Waals surface area (Å²) in [6.07, 6.45) is 3.91. The molecule has 2 nitrogen and oxygen atoms in total. The van der Waals surface area contributed by atoms with Gasteiger partial charge in [-0.25, -0.2) is 9.78 Å². The molecule has 2 heteroatoms. The Bertz CT molecular complexity index is 294. The molecule has 0 aromatic heterocycles. The van der Waals surface area contributed by atoms with Crippen molar-refractivity contribution in [2.75, 3.05) is 0 Å². The van der Waals surface area contributed by atoms with Crippen molar-refractivity contribution in [3.8, 4) is 0 Å². The molecule has 100 valence electrons. The van der Waals surface area contributed by atoms with Crippen molar-refractivity contribution in [2.45, 2.75) is 79.4 Å². The number of rotatable bonds is 0. The van der Waals surface area contributed by atoms with Crippen molar-refractivity contribution in [1.82, 2.24) is 0 Å². The predicted molar refractivity (Wildman–Crippen MR) is 69.6 cm³/mol. The van der Waals surface area contributed by atoms with Crippen LogP contribution in [-0.4, -0.2) is 11.7 Å². The van der Waals surface area contributed by atoms with Crippen molar-refractivity contribution >= 4 is 0 Å². The fourth-order valence-electron chi connectivity index (χ4n) is 5.10. The third-order valence-corrected chi connectivity index (χ3v) is 5.38. The average Bonchev–Trinajstić information content (AvgIpc) is 2.09. The summed E-state index contributed by atoms with van der Waals surface area (Å²) in [6.45, 7) is 16.4. The minimum atomic E-state index is -0.123. The highest BCUT2D eigenvalue weighted by molar-refractivity contribution is 5.16. The van der Waals surface area contributed by atoms with Gasteiger partial charge in [0.25, 0.3) is 0 Å². The fourth-order valence-corrected chi connectivity index (χ4v) is 5.10. The van der Waals surface area contributed by atoms with Crippen LogP contribution in [-0.2, 0) is 9.78 Å². The van der Waals surface area contributed by atoms with Gasteiger partial charge in [-0.3, -0.25) is 0 Å². The van der Waals surface area contributed by atoms with Crippen molar-refractivity contribution in [3.63, 3.8) is 0 Å². The lowest BCUT2D eigenvalue weighted by Gasteiger charge is -2.68. The molecular weight excluding hydrogens is 212 g/mol. The third-order valence-electron chi connectivity index (χ3n) is 5.38. The molecule has 0 spiro atoms. The van der Waals surface area contributed by atoms with E-state index in [0.717, 1.165) is 6.42 Å². The van der Waals surface area contributed by atoms with Crippen LogP contribution < -0.4 is 0 Å². The van der Waals surface area contributed by atoms with E-state index in [0.29, 0.717) is 0 Å². The smallest absolute Gasteiger partial charge is 0.136 e. The Kier molecular flexibility index (Phi) is 2.73. The number of hydrogen-bond acceptors (Lipinski definition) is 2. The van der Waals surface area contributed by atoms with Crippen molar-refractivity contribution in [3.05, 3.63) is 0 Å². The van der Waals surface area contributed by atoms with Gasteiger partial charge in [0, 0.05) is 5.41 Å². The molecule has 0 aromatic rings. The molecular formula is C15H28O2. The van der Waals surface area contributed by atoms with Crippen molar-refractivity contribution in [1.29, 1.82) is 0 Å². The first-order valence-electron chi connectivity index (χ1n) is 6.91. The zero-order chi connectivity index (χ0) is 13.1. The van der Waals surface area contributed by atoms with Gasteiger partial charge in [0.2, 0.25) is 0 Å². The Morgan fingerprint density at radius 2 is 1.53 bits per heavy atom. The van der Waals surface area contributed by atoms with Gasteiger partial charge in [0.05, 0.1) is 0 Å². The Morgan fingerprint density at radius 1 is 1.00 bits per heavy atom. The summed E-state index contributed by atoms with van der Waals surface area (Å²) in [5, 5.41) is 0. The van der Waals surface area contributed by atoms with Gasteiger partial charge in [-0.05, 0) is 37.0 Å². The van der Waals surface area contributed by atoms with E-state index < -0.39 is 0 Å². The van der Waals surface area contributed by atoms with E-state index in [1.807, 2.05) is 0 Å². The molecule has 1 heterocycles. The summed E-state index contributed by atoms with van der Waals surface area (Å²) in [4.78, 5) is 11.1. The summed E-state index contributed by atoms with van der Waals surface area (Å²) in [5.41, 5.74) is 0.459. The highest BCUT2D eigenvalue weighted by atomic mass is 17.3. The first kappa shape index (κ1) is 13.4. The molecule has 0 amide bonds. The molecule has 0 N–H and O–H groups in total. The first-order chi connectivity index (χ1) is 7.56. The largest absolute Gasteiger partial charge is 0.229 e. The lowest BCUT2D eigenvalue weighted by atomic mass is 9.42. The van der Waals surface area contributed by atoms with Crippen LogP contribution in [0.4, 0.5) is 0 Å². The second-order valence-corrected chi connectivity index (χ2v) is 8.07. The zero-order valence-electron chi connectivity index (χ0n) is 12.5. The molecule has 2 atom stereocenters. The minimum absolute atomic E-state index is 0.123. The quantitative estimate of drug-likeness (QED) is 0.586. The SMILES string of the molecule is CC(C)(C)C1(C(C)(C)C)CCCC2OOC21C. The van der Waals surface area contributed by atoms with Gasteiger partial charge >= 0.3 is 0 Å². The van der Waals surface area contributed by atoms with Crippen LogP contribution >= 0.6 is 0 Å². The second-order valence-electron chi connectivity index (χ2n) is 8.07. The normalized spacial score (nSPS) is 37.2. The van der Waals surface area contributed by atoms with Crippen LogP contribution in [0.5, 0.6) is 0 Å². The van der Waals surface area contributed by atoms with Crippen molar-refractivity contribution in [2.24, 2.45) is 16.2 Å². The Hall–Kier alpha value is -0.0800. The fraction of sp³-hybridized carbons (Fsp3) is 1.00. The number of hydrogen-bond donors (Lipinski definition) is 0. The molecule has 2 rings (SSSR count). The molecule has 17 heavy (non-hydrogen) atoms. The zero-order valence-corrected chi connectivity index (χ0v) is 12.5. The Balaban J connectivity index is 2.54. The van der Waals surface area contributed by atoms with Gasteiger partial charge < -0.3 is 0 Å². The summed E-state index contributed by atoms with van der Waals surface area (Å²) >= 11 is 0. The van der Waals surface area contributed by atoms with Gasteiger partial charge in [0.1, 0.15) is 11.7 Å². The molecule has 0 aromatic carbocycles. The third kappa shape index (κ3) is 1.46. The van der Waals surface area contributed by atoms with Gasteiger partial charge in [0.15, 0.2) is 0 Å². The molecule has 1 saturated heterocycles. The lowest BCUT2D eigenvalue weighted by Crippen LogP contribution is -2.73. The summed E-state index contributed by atoms with van der Waals surface area (Å²) in [5.74, 6) is 0. The molecule has 2 unspecified atom stereocenters. The Morgan fingerprint density at radius 3 is 1.82 bits per heavy atom. The van der Waals surface area contributed by atoms with Crippen LogP contribution in [0.2, 0.25) is 0 Å². The van der Waals surface area contributed by atoms with Gasteiger partial charge in [-0.1, -0.05) is 41.5 Å². The van der Waals surface area contributed by atoms with Gasteiger partial charge in [-0.15, -0.1) is 0 Å². The second kappa shape index (κ2) is 3.48. The highest BCUT2D eigenvalue weighted by Crippen LogP contribution is 2.67. The van der Waals surface area contributed by atoms with Crippen LogP contribution in [0.25, 0.3) is 0 Å². The molecule has 1 aliphatic carbocycles.